The number of nitrogens with one attached hydrogen (secondary N) is 2. The highest BCUT2D eigenvalue weighted by Crippen LogP contribution is 2.40. The zero-order valence-electron chi connectivity index (χ0n) is 26.3. The molecule has 6 atom stereocenters. The molecular weight excluding hydrogens is 666 g/mol. The zero-order chi connectivity index (χ0) is 33.2. The molecule has 1 saturated heterocycles. The number of carbonyl (C=O) groups excluding carboxylic acids is 2. The van der Waals surface area contributed by atoms with Crippen molar-refractivity contribution in [2.45, 2.75) is 69.5 Å². The Morgan fingerprint density at radius 1 is 0.935 bits per heavy atom. The molecule has 0 radical (unpaired) electrons. The van der Waals surface area contributed by atoms with Crippen LogP contribution in [0.1, 0.15) is 49.7 Å². The molecule has 12 heteroatoms. The van der Waals surface area contributed by atoms with Crippen molar-refractivity contribution in [1.82, 2.24) is 15.5 Å². The van der Waals surface area contributed by atoms with E-state index in [-0.39, 0.29) is 35.5 Å². The van der Waals surface area contributed by atoms with Gasteiger partial charge in [-0.3, -0.25) is 9.59 Å². The van der Waals surface area contributed by atoms with Crippen LogP contribution in [0.5, 0.6) is 0 Å². The van der Waals surface area contributed by atoms with E-state index in [9.17, 15) is 9.59 Å². The molecule has 1 amide bonds. The SMILES string of the molecule is NCCNCCC[C@@H]1CCC(C[C@@H]2CNCCN2C(=O)[C@H](N)Cc2ccc(Cl)cc2Cl)CC1C(=O)[C@H](N)Cc1ccc(Cl)cc1Cl. The van der Waals surface area contributed by atoms with Crippen LogP contribution in [-0.4, -0.2) is 74.0 Å². The summed E-state index contributed by atoms with van der Waals surface area (Å²) in [6, 6.07) is 9.17. The third-order valence-electron chi connectivity index (χ3n) is 9.55. The summed E-state index contributed by atoms with van der Waals surface area (Å²) in [5.74, 6) is 0.408. The molecule has 2 fully saturated rings. The number of hydrogen-bond donors (Lipinski definition) is 5. The number of carbonyl (C=O) groups is 2. The number of hydrogen-bond acceptors (Lipinski definition) is 7. The maximum absolute atomic E-state index is 14.0. The number of nitrogens with zero attached hydrogens (tertiary/aromatic N) is 1. The number of nitrogens with two attached hydrogens (primary N) is 3. The van der Waals surface area contributed by atoms with Crippen molar-refractivity contribution in [2.24, 2.45) is 35.0 Å². The van der Waals surface area contributed by atoms with Gasteiger partial charge in [-0.15, -0.1) is 0 Å². The molecule has 2 aromatic rings. The molecule has 1 aliphatic heterocycles. The van der Waals surface area contributed by atoms with Crippen LogP contribution >= 0.6 is 46.4 Å². The van der Waals surface area contributed by atoms with E-state index in [1.165, 1.54) is 0 Å². The van der Waals surface area contributed by atoms with Gasteiger partial charge in [-0.25, -0.2) is 0 Å². The van der Waals surface area contributed by atoms with Gasteiger partial charge in [0.1, 0.15) is 0 Å². The van der Waals surface area contributed by atoms with Gasteiger partial charge in [-0.05, 0) is 98.7 Å². The van der Waals surface area contributed by atoms with E-state index in [4.69, 9.17) is 63.6 Å². The third kappa shape index (κ3) is 10.5. The molecule has 2 unspecified atom stereocenters. The van der Waals surface area contributed by atoms with Crippen LogP contribution in [0.15, 0.2) is 36.4 Å². The maximum Gasteiger partial charge on any atom is 0.240 e. The molecule has 0 spiro atoms. The molecule has 254 valence electrons. The molecule has 0 aromatic heterocycles. The number of amides is 1. The minimum atomic E-state index is -0.713. The van der Waals surface area contributed by atoms with Crippen LogP contribution in [0.2, 0.25) is 20.1 Å². The van der Waals surface area contributed by atoms with E-state index in [0.29, 0.717) is 59.1 Å². The summed E-state index contributed by atoms with van der Waals surface area (Å²) >= 11 is 24.9. The fourth-order valence-electron chi connectivity index (χ4n) is 7.12. The van der Waals surface area contributed by atoms with Gasteiger partial charge >= 0.3 is 0 Å². The lowest BCUT2D eigenvalue weighted by atomic mass is 9.68. The topological polar surface area (TPSA) is 140 Å². The summed E-state index contributed by atoms with van der Waals surface area (Å²) in [5, 5.41) is 8.94. The largest absolute Gasteiger partial charge is 0.336 e. The van der Waals surface area contributed by atoms with Gasteiger partial charge in [0.15, 0.2) is 5.78 Å². The lowest BCUT2D eigenvalue weighted by Crippen LogP contribution is -2.58. The lowest BCUT2D eigenvalue weighted by Gasteiger charge is -2.42. The van der Waals surface area contributed by atoms with E-state index in [1.807, 2.05) is 17.0 Å². The Balaban J connectivity index is 1.43. The number of ketones is 1. The molecule has 0 bridgehead atoms. The minimum Gasteiger partial charge on any atom is -0.336 e. The Kier molecular flexibility index (Phi) is 14.9. The monoisotopic (exact) mass is 712 g/mol. The number of benzene rings is 2. The molecular formula is C34H48Cl4N6O2. The van der Waals surface area contributed by atoms with E-state index in [2.05, 4.69) is 10.6 Å². The second kappa shape index (κ2) is 18.3. The molecule has 46 heavy (non-hydrogen) atoms. The molecule has 1 heterocycles. The highest BCUT2D eigenvalue weighted by Gasteiger charge is 2.39. The van der Waals surface area contributed by atoms with Crippen molar-refractivity contribution in [1.29, 1.82) is 0 Å². The number of rotatable bonds is 15. The van der Waals surface area contributed by atoms with Gasteiger partial charge in [-0.1, -0.05) is 65.0 Å². The van der Waals surface area contributed by atoms with E-state index in [1.54, 1.807) is 24.3 Å². The highest BCUT2D eigenvalue weighted by molar-refractivity contribution is 6.35. The molecule has 1 aliphatic carbocycles. The van der Waals surface area contributed by atoms with Crippen LogP contribution < -0.4 is 27.8 Å². The fraction of sp³-hybridized carbons (Fsp3) is 0.588. The second-order valence-electron chi connectivity index (χ2n) is 12.8. The Morgan fingerprint density at radius 2 is 1.59 bits per heavy atom. The standard InChI is InChI=1S/C34H48Cl4N6O2/c35-25-7-5-23(29(37)18-25)16-31(40)33(45)28-15-21(3-4-22(28)2-1-10-42-11-9-39)14-27-20-43-12-13-44(27)34(46)32(41)17-24-6-8-26(36)19-30(24)38/h5-8,18-19,21-22,27-28,31-32,42-43H,1-4,9-17,20,39-41H2/t21?,22-,27-,28?,31-,32-/m1/s1. The number of halogens is 4. The number of Topliss-reactive ketones (excluding diaryl/α,β-unsaturated/α-hetero) is 1. The molecule has 8 nitrogen and oxygen atoms in total. The van der Waals surface area contributed by atoms with E-state index < -0.39 is 12.1 Å². The van der Waals surface area contributed by atoms with Crippen molar-refractivity contribution < 1.29 is 9.59 Å². The summed E-state index contributed by atoms with van der Waals surface area (Å²) in [6.45, 7) is 4.25. The quantitative estimate of drug-likeness (QED) is 0.166. The van der Waals surface area contributed by atoms with Crippen molar-refractivity contribution in [2.75, 3.05) is 39.3 Å². The van der Waals surface area contributed by atoms with Gasteiger partial charge < -0.3 is 32.7 Å². The van der Waals surface area contributed by atoms with Crippen molar-refractivity contribution in [3.8, 4) is 0 Å². The van der Waals surface area contributed by atoms with E-state index in [0.717, 1.165) is 62.7 Å². The fourth-order valence-corrected chi connectivity index (χ4v) is 8.09. The minimum absolute atomic E-state index is 0.00713. The highest BCUT2D eigenvalue weighted by atomic mass is 35.5. The maximum atomic E-state index is 14.0. The van der Waals surface area contributed by atoms with Crippen LogP contribution in [0.4, 0.5) is 0 Å². The Bertz CT molecular complexity index is 1320. The first-order valence-electron chi connectivity index (χ1n) is 16.4. The zero-order valence-corrected chi connectivity index (χ0v) is 29.4. The van der Waals surface area contributed by atoms with Gasteiger partial charge in [-0.2, -0.15) is 0 Å². The van der Waals surface area contributed by atoms with Gasteiger partial charge in [0.25, 0.3) is 0 Å². The summed E-state index contributed by atoms with van der Waals surface area (Å²) in [6.07, 6.45) is 6.15. The summed E-state index contributed by atoms with van der Waals surface area (Å²) in [7, 11) is 0. The van der Waals surface area contributed by atoms with Crippen LogP contribution in [0.3, 0.4) is 0 Å². The average molecular weight is 715 g/mol. The molecule has 1 saturated carbocycles. The Hall–Kier alpha value is -1.46. The van der Waals surface area contributed by atoms with Gasteiger partial charge in [0.2, 0.25) is 5.91 Å². The predicted octanol–water partition coefficient (Wildman–Crippen LogP) is 4.86. The molecule has 2 aliphatic rings. The first-order chi connectivity index (χ1) is 22.1. The van der Waals surface area contributed by atoms with Crippen LogP contribution in [-0.2, 0) is 22.4 Å². The summed E-state index contributed by atoms with van der Waals surface area (Å²) in [4.78, 5) is 29.6. The first kappa shape index (κ1) is 37.4. The third-order valence-corrected chi connectivity index (χ3v) is 10.7. The average Bonchev–Trinajstić information content (AvgIpc) is 3.03. The van der Waals surface area contributed by atoms with Crippen molar-refractivity contribution in [3.05, 3.63) is 67.6 Å². The van der Waals surface area contributed by atoms with Crippen molar-refractivity contribution >= 4 is 58.1 Å². The Morgan fingerprint density at radius 3 is 2.22 bits per heavy atom. The Labute approximate surface area is 293 Å². The van der Waals surface area contributed by atoms with Gasteiger partial charge in [0.05, 0.1) is 12.1 Å². The second-order valence-corrected chi connectivity index (χ2v) is 14.5. The molecule has 2 aromatic carbocycles. The number of piperazine rings is 1. The first-order valence-corrected chi connectivity index (χ1v) is 17.9. The van der Waals surface area contributed by atoms with E-state index >= 15 is 0 Å². The van der Waals surface area contributed by atoms with Crippen LogP contribution in [0, 0.1) is 17.8 Å². The smallest absolute Gasteiger partial charge is 0.240 e. The normalized spacial score (nSPS) is 23.2. The van der Waals surface area contributed by atoms with Crippen molar-refractivity contribution in [3.63, 3.8) is 0 Å². The summed E-state index contributed by atoms with van der Waals surface area (Å²) < 4.78 is 0. The lowest BCUT2D eigenvalue weighted by molar-refractivity contribution is -0.136. The molecule has 4 rings (SSSR count). The predicted molar refractivity (Wildman–Crippen MR) is 190 cm³/mol. The molecule has 8 N–H and O–H groups in total. The van der Waals surface area contributed by atoms with Crippen LogP contribution in [0.25, 0.3) is 0 Å². The van der Waals surface area contributed by atoms with Gasteiger partial charge in [0, 0.05) is 64.8 Å². The summed E-state index contributed by atoms with van der Waals surface area (Å²) in [5.41, 5.74) is 20.3.